The Bertz CT molecular complexity index is 616. The molecule has 0 fully saturated rings. The molecule has 1 amide bonds. The SMILES string of the molecule is O=C(Cc1ccccc1F)Nc1ccc(Cl)cc1F. The molecule has 98 valence electrons. The summed E-state index contributed by atoms with van der Waals surface area (Å²) in [7, 11) is 0. The molecule has 1 N–H and O–H groups in total. The van der Waals surface area contributed by atoms with Crippen molar-refractivity contribution in [3.63, 3.8) is 0 Å². The van der Waals surface area contributed by atoms with E-state index in [1.165, 1.54) is 30.3 Å². The van der Waals surface area contributed by atoms with Crippen LogP contribution in [0.15, 0.2) is 42.5 Å². The fraction of sp³-hybridized carbons (Fsp3) is 0.0714. The number of nitrogens with one attached hydrogen (secondary N) is 1. The molecule has 0 aliphatic rings. The molecular formula is C14H10ClF2NO. The molecule has 0 aliphatic carbocycles. The Balaban J connectivity index is 2.08. The summed E-state index contributed by atoms with van der Waals surface area (Å²) >= 11 is 5.60. The highest BCUT2D eigenvalue weighted by Gasteiger charge is 2.10. The summed E-state index contributed by atoms with van der Waals surface area (Å²) in [6, 6.07) is 9.86. The third-order valence-corrected chi connectivity index (χ3v) is 2.75. The lowest BCUT2D eigenvalue weighted by Crippen LogP contribution is -2.16. The number of anilines is 1. The lowest BCUT2D eigenvalue weighted by atomic mass is 10.1. The van der Waals surface area contributed by atoms with Gasteiger partial charge in [-0.15, -0.1) is 0 Å². The quantitative estimate of drug-likeness (QED) is 0.911. The summed E-state index contributed by atoms with van der Waals surface area (Å²) < 4.78 is 26.8. The maximum atomic E-state index is 13.5. The first kappa shape index (κ1) is 13.5. The van der Waals surface area contributed by atoms with Crippen LogP contribution in [-0.2, 0) is 11.2 Å². The zero-order valence-corrected chi connectivity index (χ0v) is 10.5. The van der Waals surface area contributed by atoms with Crippen molar-refractivity contribution < 1.29 is 13.6 Å². The van der Waals surface area contributed by atoms with E-state index in [0.29, 0.717) is 0 Å². The molecule has 5 heteroatoms. The number of hydrogen-bond acceptors (Lipinski definition) is 1. The highest BCUT2D eigenvalue weighted by molar-refractivity contribution is 6.30. The van der Waals surface area contributed by atoms with Gasteiger partial charge in [0.15, 0.2) is 0 Å². The van der Waals surface area contributed by atoms with Gasteiger partial charge in [-0.2, -0.15) is 0 Å². The topological polar surface area (TPSA) is 29.1 Å². The van der Waals surface area contributed by atoms with Gasteiger partial charge < -0.3 is 5.32 Å². The van der Waals surface area contributed by atoms with Gasteiger partial charge >= 0.3 is 0 Å². The van der Waals surface area contributed by atoms with Crippen molar-refractivity contribution in [3.8, 4) is 0 Å². The summed E-state index contributed by atoms with van der Waals surface area (Å²) in [5.41, 5.74) is 0.278. The number of rotatable bonds is 3. The van der Waals surface area contributed by atoms with E-state index < -0.39 is 17.5 Å². The minimum Gasteiger partial charge on any atom is -0.323 e. The molecule has 0 saturated carbocycles. The van der Waals surface area contributed by atoms with Gasteiger partial charge in [0.1, 0.15) is 11.6 Å². The molecule has 0 atom stereocenters. The smallest absolute Gasteiger partial charge is 0.228 e. The first-order valence-electron chi connectivity index (χ1n) is 5.54. The molecule has 2 rings (SSSR count). The monoisotopic (exact) mass is 281 g/mol. The predicted octanol–water partition coefficient (Wildman–Crippen LogP) is 3.80. The van der Waals surface area contributed by atoms with Gasteiger partial charge in [0.05, 0.1) is 12.1 Å². The van der Waals surface area contributed by atoms with Crippen molar-refractivity contribution in [2.45, 2.75) is 6.42 Å². The number of amides is 1. The third kappa shape index (κ3) is 3.51. The first-order valence-corrected chi connectivity index (χ1v) is 5.92. The fourth-order valence-electron chi connectivity index (χ4n) is 1.60. The van der Waals surface area contributed by atoms with Crippen LogP contribution < -0.4 is 5.32 Å². The van der Waals surface area contributed by atoms with E-state index in [2.05, 4.69) is 5.32 Å². The largest absolute Gasteiger partial charge is 0.323 e. The van der Waals surface area contributed by atoms with Gasteiger partial charge in [-0.1, -0.05) is 29.8 Å². The Labute approximate surface area is 114 Å². The van der Waals surface area contributed by atoms with E-state index in [1.807, 2.05) is 0 Å². The normalized spacial score (nSPS) is 10.3. The van der Waals surface area contributed by atoms with Crippen molar-refractivity contribution in [2.24, 2.45) is 0 Å². The number of hydrogen-bond donors (Lipinski definition) is 1. The Kier molecular flexibility index (Phi) is 4.12. The molecule has 0 bridgehead atoms. The van der Waals surface area contributed by atoms with Gasteiger partial charge in [0.2, 0.25) is 5.91 Å². The van der Waals surface area contributed by atoms with Gasteiger partial charge in [0, 0.05) is 5.02 Å². The first-order chi connectivity index (χ1) is 9.06. The van der Waals surface area contributed by atoms with Crippen LogP contribution in [0.4, 0.5) is 14.5 Å². The average Bonchev–Trinajstić information content (AvgIpc) is 2.36. The summed E-state index contributed by atoms with van der Waals surface area (Å²) in [4.78, 5) is 11.7. The molecule has 0 radical (unpaired) electrons. The Morgan fingerprint density at radius 3 is 2.53 bits per heavy atom. The maximum Gasteiger partial charge on any atom is 0.228 e. The minimum atomic E-state index is -0.630. The van der Waals surface area contributed by atoms with Gasteiger partial charge in [-0.05, 0) is 29.8 Å². The zero-order chi connectivity index (χ0) is 13.8. The molecule has 0 saturated heterocycles. The number of carbonyl (C=O) groups is 1. The standard InChI is InChI=1S/C14H10ClF2NO/c15-10-5-6-13(12(17)8-10)18-14(19)7-9-3-1-2-4-11(9)16/h1-6,8H,7H2,(H,18,19). The summed E-state index contributed by atoms with van der Waals surface area (Å²) in [6.07, 6.45) is -0.158. The van der Waals surface area contributed by atoms with Crippen LogP contribution in [0, 0.1) is 11.6 Å². The lowest BCUT2D eigenvalue weighted by molar-refractivity contribution is -0.115. The minimum absolute atomic E-state index is 0.0192. The van der Waals surface area contributed by atoms with Crippen LogP contribution in [0.2, 0.25) is 5.02 Å². The number of carbonyl (C=O) groups excluding carboxylic acids is 1. The summed E-state index contributed by atoms with van der Waals surface area (Å²) in [6.45, 7) is 0. The van der Waals surface area contributed by atoms with Crippen LogP contribution in [-0.4, -0.2) is 5.91 Å². The number of halogens is 3. The van der Waals surface area contributed by atoms with E-state index >= 15 is 0 Å². The molecule has 0 unspecified atom stereocenters. The molecule has 0 heterocycles. The van der Waals surface area contributed by atoms with E-state index in [4.69, 9.17) is 11.6 Å². The van der Waals surface area contributed by atoms with Crippen molar-refractivity contribution in [1.82, 2.24) is 0 Å². The van der Waals surface area contributed by atoms with Crippen molar-refractivity contribution in [3.05, 3.63) is 64.7 Å². The second-order valence-electron chi connectivity index (χ2n) is 3.94. The van der Waals surface area contributed by atoms with Crippen molar-refractivity contribution >= 4 is 23.2 Å². The van der Waals surface area contributed by atoms with Gasteiger partial charge in [-0.25, -0.2) is 8.78 Å². The van der Waals surface area contributed by atoms with Crippen LogP contribution >= 0.6 is 11.6 Å². The van der Waals surface area contributed by atoms with E-state index in [0.717, 1.165) is 6.07 Å². The van der Waals surface area contributed by atoms with Crippen LogP contribution in [0.25, 0.3) is 0 Å². The molecule has 2 nitrogen and oxygen atoms in total. The van der Waals surface area contributed by atoms with Gasteiger partial charge in [0.25, 0.3) is 0 Å². The maximum absolute atomic E-state index is 13.5. The number of benzene rings is 2. The molecule has 2 aromatic rings. The van der Waals surface area contributed by atoms with Crippen LogP contribution in [0.3, 0.4) is 0 Å². The van der Waals surface area contributed by atoms with Crippen LogP contribution in [0.1, 0.15) is 5.56 Å². The summed E-state index contributed by atoms with van der Waals surface area (Å²) in [5.74, 6) is -1.59. The van der Waals surface area contributed by atoms with E-state index in [1.54, 1.807) is 6.07 Å². The summed E-state index contributed by atoms with van der Waals surface area (Å²) in [5, 5.41) is 2.61. The molecule has 0 aliphatic heterocycles. The van der Waals surface area contributed by atoms with Crippen molar-refractivity contribution in [1.29, 1.82) is 0 Å². The molecule has 19 heavy (non-hydrogen) atoms. The second-order valence-corrected chi connectivity index (χ2v) is 4.38. The van der Waals surface area contributed by atoms with Crippen LogP contribution in [0.5, 0.6) is 0 Å². The molecule has 2 aromatic carbocycles. The molecule has 0 spiro atoms. The zero-order valence-electron chi connectivity index (χ0n) is 9.79. The van der Waals surface area contributed by atoms with E-state index in [-0.39, 0.29) is 22.7 Å². The highest BCUT2D eigenvalue weighted by Crippen LogP contribution is 2.19. The Morgan fingerprint density at radius 1 is 1.11 bits per heavy atom. The molecule has 0 aromatic heterocycles. The van der Waals surface area contributed by atoms with Crippen molar-refractivity contribution in [2.75, 3.05) is 5.32 Å². The predicted molar refractivity (Wildman–Crippen MR) is 70.1 cm³/mol. The average molecular weight is 282 g/mol. The van der Waals surface area contributed by atoms with E-state index in [9.17, 15) is 13.6 Å². The lowest BCUT2D eigenvalue weighted by Gasteiger charge is -2.07. The Hall–Kier alpha value is -1.94. The molecular weight excluding hydrogens is 272 g/mol. The van der Waals surface area contributed by atoms with Gasteiger partial charge in [-0.3, -0.25) is 4.79 Å². The second kappa shape index (κ2) is 5.80. The Morgan fingerprint density at radius 2 is 1.84 bits per heavy atom. The third-order valence-electron chi connectivity index (χ3n) is 2.51. The fourth-order valence-corrected chi connectivity index (χ4v) is 1.76. The highest BCUT2D eigenvalue weighted by atomic mass is 35.5.